The second-order valence-electron chi connectivity index (χ2n) is 4.97. The Morgan fingerprint density at radius 3 is 2.60 bits per heavy atom. The number of rotatable bonds is 0. The van der Waals surface area contributed by atoms with Gasteiger partial charge < -0.3 is 5.73 Å². The number of allylic oxidation sites excluding steroid dienone is 1. The van der Waals surface area contributed by atoms with Crippen molar-refractivity contribution in [3.05, 3.63) is 65.2 Å². The highest BCUT2D eigenvalue weighted by Crippen LogP contribution is 2.32. The van der Waals surface area contributed by atoms with E-state index in [0.717, 1.165) is 28.0 Å². The van der Waals surface area contributed by atoms with Crippen LogP contribution in [0.15, 0.2) is 48.5 Å². The summed E-state index contributed by atoms with van der Waals surface area (Å²) >= 11 is 0. The Kier molecular flexibility index (Phi) is 3.03. The van der Waals surface area contributed by atoms with Crippen molar-refractivity contribution in [3.63, 3.8) is 0 Å². The Labute approximate surface area is 118 Å². The number of primary amides is 1. The van der Waals surface area contributed by atoms with Crippen molar-refractivity contribution >= 4 is 23.4 Å². The van der Waals surface area contributed by atoms with Crippen LogP contribution < -0.4 is 10.6 Å². The van der Waals surface area contributed by atoms with E-state index < -0.39 is 6.03 Å². The molecule has 100 valence electrons. The number of nitrogens with zero attached hydrogens (tertiary/aromatic N) is 1. The molecule has 2 amide bonds. The molecule has 0 aromatic heterocycles. The smallest absolute Gasteiger partial charge is 0.319 e. The Bertz CT molecular complexity index is 704. The molecule has 0 bridgehead atoms. The predicted molar refractivity (Wildman–Crippen MR) is 82.2 cm³/mol. The molecule has 3 rings (SSSR count). The molecule has 1 heterocycles. The molecule has 0 radical (unpaired) electrons. The maximum absolute atomic E-state index is 11.8. The molecule has 20 heavy (non-hydrogen) atoms. The summed E-state index contributed by atoms with van der Waals surface area (Å²) in [4.78, 5) is 13.5. The summed E-state index contributed by atoms with van der Waals surface area (Å²) in [5.41, 5.74) is 10.8. The van der Waals surface area contributed by atoms with Gasteiger partial charge in [0.25, 0.3) is 0 Å². The molecule has 0 unspecified atom stereocenters. The molecular formula is C17H16N2O. The molecule has 2 N–H and O–H groups in total. The molecule has 0 saturated carbocycles. The quantitative estimate of drug-likeness (QED) is 0.775. The summed E-state index contributed by atoms with van der Waals surface area (Å²) in [6, 6.07) is 15.5. The summed E-state index contributed by atoms with van der Waals surface area (Å²) < 4.78 is 0. The zero-order chi connectivity index (χ0) is 14.1. The van der Waals surface area contributed by atoms with Crippen molar-refractivity contribution in [3.8, 4) is 0 Å². The number of urea groups is 1. The van der Waals surface area contributed by atoms with E-state index in [2.05, 4.69) is 19.1 Å². The number of nitrogens with two attached hydrogens (primary N) is 1. The van der Waals surface area contributed by atoms with Gasteiger partial charge in [0.05, 0.1) is 12.2 Å². The van der Waals surface area contributed by atoms with Crippen LogP contribution in [0.3, 0.4) is 0 Å². The number of anilines is 1. The van der Waals surface area contributed by atoms with Gasteiger partial charge in [-0.25, -0.2) is 4.79 Å². The van der Waals surface area contributed by atoms with Gasteiger partial charge in [0.1, 0.15) is 0 Å². The zero-order valence-corrected chi connectivity index (χ0v) is 11.3. The third-order valence-electron chi connectivity index (χ3n) is 3.64. The van der Waals surface area contributed by atoms with Gasteiger partial charge in [-0.15, -0.1) is 0 Å². The molecule has 0 saturated heterocycles. The van der Waals surface area contributed by atoms with E-state index >= 15 is 0 Å². The molecule has 0 spiro atoms. The number of carbonyl (C=O) groups excluding carboxylic acids is 1. The van der Waals surface area contributed by atoms with Gasteiger partial charge in [-0.3, -0.25) is 4.90 Å². The fourth-order valence-electron chi connectivity index (χ4n) is 2.62. The Balaban J connectivity index is 2.26. The number of amides is 2. The maximum Gasteiger partial charge on any atom is 0.319 e. The third-order valence-corrected chi connectivity index (χ3v) is 3.64. The minimum atomic E-state index is -0.429. The Hall–Kier alpha value is -2.55. The fourth-order valence-corrected chi connectivity index (χ4v) is 2.62. The van der Waals surface area contributed by atoms with Crippen molar-refractivity contribution in [1.29, 1.82) is 0 Å². The van der Waals surface area contributed by atoms with Crippen molar-refractivity contribution in [2.24, 2.45) is 5.73 Å². The molecule has 0 fully saturated rings. The lowest BCUT2D eigenvalue weighted by molar-refractivity contribution is 0.253. The standard InChI is InChI=1S/C17H16N2O/c1-12-10-13-6-2-3-7-14(13)11-19(17(18)20)16-9-5-4-8-15(12)16/h2-10H,11H2,1H3,(H2,18,20)/b12-10-. The van der Waals surface area contributed by atoms with Gasteiger partial charge in [0, 0.05) is 5.56 Å². The van der Waals surface area contributed by atoms with Gasteiger partial charge in [0.15, 0.2) is 0 Å². The second kappa shape index (κ2) is 4.85. The number of hydrogen-bond donors (Lipinski definition) is 1. The van der Waals surface area contributed by atoms with Crippen LogP contribution in [0.4, 0.5) is 10.5 Å². The lowest BCUT2D eigenvalue weighted by Crippen LogP contribution is -2.36. The summed E-state index contributed by atoms with van der Waals surface area (Å²) in [6.07, 6.45) is 2.16. The van der Waals surface area contributed by atoms with Crippen LogP contribution in [0.1, 0.15) is 23.6 Å². The van der Waals surface area contributed by atoms with Gasteiger partial charge in [-0.1, -0.05) is 48.5 Å². The monoisotopic (exact) mass is 264 g/mol. The van der Waals surface area contributed by atoms with Crippen molar-refractivity contribution in [2.75, 3.05) is 4.90 Å². The van der Waals surface area contributed by atoms with Crippen LogP contribution in [0.2, 0.25) is 0 Å². The number of para-hydroxylation sites is 1. The topological polar surface area (TPSA) is 46.3 Å². The van der Waals surface area contributed by atoms with Gasteiger partial charge >= 0.3 is 6.03 Å². The highest BCUT2D eigenvalue weighted by molar-refractivity contribution is 5.97. The first kappa shape index (κ1) is 12.5. The minimum Gasteiger partial charge on any atom is -0.351 e. The molecule has 1 aliphatic rings. The average molecular weight is 264 g/mol. The first-order chi connectivity index (χ1) is 9.66. The van der Waals surface area contributed by atoms with E-state index in [1.165, 1.54) is 0 Å². The SMILES string of the molecule is C/C1=C/c2ccccc2CN(C(N)=O)c2ccccc21. The van der Waals surface area contributed by atoms with Crippen LogP contribution in [-0.4, -0.2) is 6.03 Å². The van der Waals surface area contributed by atoms with Gasteiger partial charge in [-0.05, 0) is 29.7 Å². The number of carbonyl (C=O) groups is 1. The number of benzene rings is 2. The van der Waals surface area contributed by atoms with Crippen molar-refractivity contribution in [2.45, 2.75) is 13.5 Å². The Morgan fingerprint density at radius 1 is 1.10 bits per heavy atom. The molecule has 3 heteroatoms. The van der Waals surface area contributed by atoms with E-state index in [0.29, 0.717) is 6.54 Å². The molecule has 2 aromatic rings. The molecule has 3 nitrogen and oxygen atoms in total. The van der Waals surface area contributed by atoms with Gasteiger partial charge in [0.2, 0.25) is 0 Å². The lowest BCUT2D eigenvalue weighted by Gasteiger charge is -2.26. The van der Waals surface area contributed by atoms with Crippen LogP contribution in [0, 0.1) is 0 Å². The molecule has 0 atom stereocenters. The zero-order valence-electron chi connectivity index (χ0n) is 11.3. The van der Waals surface area contributed by atoms with Crippen molar-refractivity contribution in [1.82, 2.24) is 0 Å². The minimum absolute atomic E-state index is 0.429. The van der Waals surface area contributed by atoms with E-state index in [9.17, 15) is 4.79 Å². The molecule has 0 aliphatic carbocycles. The van der Waals surface area contributed by atoms with Crippen LogP contribution >= 0.6 is 0 Å². The molecule has 2 aromatic carbocycles. The normalized spacial score (nSPS) is 16.2. The Morgan fingerprint density at radius 2 is 1.80 bits per heavy atom. The van der Waals surface area contributed by atoms with E-state index in [-0.39, 0.29) is 0 Å². The van der Waals surface area contributed by atoms with Crippen molar-refractivity contribution < 1.29 is 4.79 Å². The lowest BCUT2D eigenvalue weighted by atomic mass is 9.96. The van der Waals surface area contributed by atoms with E-state index in [4.69, 9.17) is 5.73 Å². The highest BCUT2D eigenvalue weighted by atomic mass is 16.2. The average Bonchev–Trinajstić information content (AvgIpc) is 2.44. The highest BCUT2D eigenvalue weighted by Gasteiger charge is 2.20. The first-order valence-electron chi connectivity index (χ1n) is 6.59. The largest absolute Gasteiger partial charge is 0.351 e. The van der Waals surface area contributed by atoms with Crippen LogP contribution in [-0.2, 0) is 6.54 Å². The number of hydrogen-bond acceptors (Lipinski definition) is 1. The third kappa shape index (κ3) is 2.07. The second-order valence-corrected chi connectivity index (χ2v) is 4.97. The molecular weight excluding hydrogens is 248 g/mol. The van der Waals surface area contributed by atoms with Gasteiger partial charge in [-0.2, -0.15) is 0 Å². The fraction of sp³-hybridized carbons (Fsp3) is 0.118. The van der Waals surface area contributed by atoms with Crippen LogP contribution in [0.25, 0.3) is 11.6 Å². The summed E-state index contributed by atoms with van der Waals surface area (Å²) in [6.45, 7) is 2.55. The van der Waals surface area contributed by atoms with Crippen LogP contribution in [0.5, 0.6) is 0 Å². The van der Waals surface area contributed by atoms with E-state index in [1.54, 1.807) is 4.90 Å². The summed E-state index contributed by atoms with van der Waals surface area (Å²) in [5, 5.41) is 0. The predicted octanol–water partition coefficient (Wildman–Crippen LogP) is 3.65. The summed E-state index contributed by atoms with van der Waals surface area (Å²) in [7, 11) is 0. The molecule has 1 aliphatic heterocycles. The maximum atomic E-state index is 11.8. The summed E-state index contributed by atoms with van der Waals surface area (Å²) in [5.74, 6) is 0. The van der Waals surface area contributed by atoms with E-state index in [1.807, 2.05) is 42.5 Å². The first-order valence-corrected chi connectivity index (χ1v) is 6.59. The number of fused-ring (bicyclic) bond motifs is 2.